The predicted molar refractivity (Wildman–Crippen MR) is 62.6 cm³/mol. The van der Waals surface area contributed by atoms with Gasteiger partial charge in [0.25, 0.3) is 5.91 Å². The molecule has 0 aromatic heterocycles. The van der Waals surface area contributed by atoms with Gasteiger partial charge in [0.1, 0.15) is 6.04 Å². The molecule has 0 aliphatic heterocycles. The predicted octanol–water partition coefficient (Wildman–Crippen LogP) is 1.96. The molecule has 104 valence electrons. The second kappa shape index (κ2) is 5.48. The fraction of sp³-hybridized carbons (Fsp3) is 0.273. The number of alkyl halides is 3. The Kier molecular flexibility index (Phi) is 4.41. The first-order chi connectivity index (χ1) is 8.61. The molecule has 0 fully saturated rings. The summed E-state index contributed by atoms with van der Waals surface area (Å²) in [6.45, 7) is 1.31. The standard InChI is InChI=1S/C11H10ClF3N2O2/c1-5(9(16)18)17-10(19)6-2-7(11(13,14)15)4-8(12)3-6/h2-5H,1H3,(H2,16,18)(H,17,19)/t5-/m0/s1. The molecule has 1 rings (SSSR count). The number of carbonyl (C=O) groups is 2. The molecule has 1 aromatic rings. The van der Waals surface area contributed by atoms with Crippen LogP contribution in [0.1, 0.15) is 22.8 Å². The van der Waals surface area contributed by atoms with Crippen LogP contribution in [0.2, 0.25) is 5.02 Å². The highest BCUT2D eigenvalue weighted by Crippen LogP contribution is 2.31. The van der Waals surface area contributed by atoms with Gasteiger partial charge in [0.2, 0.25) is 5.91 Å². The lowest BCUT2D eigenvalue weighted by Crippen LogP contribution is -2.42. The average Bonchev–Trinajstić information content (AvgIpc) is 2.26. The molecule has 0 saturated heterocycles. The molecule has 19 heavy (non-hydrogen) atoms. The first-order valence-corrected chi connectivity index (χ1v) is 5.47. The van der Waals surface area contributed by atoms with Crippen molar-refractivity contribution < 1.29 is 22.8 Å². The number of amides is 2. The summed E-state index contributed by atoms with van der Waals surface area (Å²) in [7, 11) is 0. The van der Waals surface area contributed by atoms with E-state index >= 15 is 0 Å². The van der Waals surface area contributed by atoms with E-state index in [4.69, 9.17) is 17.3 Å². The highest BCUT2D eigenvalue weighted by molar-refractivity contribution is 6.31. The molecule has 0 saturated carbocycles. The highest BCUT2D eigenvalue weighted by atomic mass is 35.5. The number of nitrogens with one attached hydrogen (secondary N) is 1. The van der Waals surface area contributed by atoms with Crippen LogP contribution in [0.5, 0.6) is 0 Å². The summed E-state index contributed by atoms with van der Waals surface area (Å²) >= 11 is 5.53. The maximum absolute atomic E-state index is 12.5. The van der Waals surface area contributed by atoms with Crippen molar-refractivity contribution in [2.75, 3.05) is 0 Å². The Labute approximate surface area is 111 Å². The molecule has 0 spiro atoms. The van der Waals surface area contributed by atoms with Gasteiger partial charge in [-0.2, -0.15) is 13.2 Å². The molecule has 0 heterocycles. The Morgan fingerprint density at radius 2 is 1.89 bits per heavy atom. The Morgan fingerprint density at radius 3 is 2.37 bits per heavy atom. The second-order valence-corrected chi connectivity index (χ2v) is 4.26. The van der Waals surface area contributed by atoms with Crippen molar-refractivity contribution in [2.45, 2.75) is 19.1 Å². The van der Waals surface area contributed by atoms with Gasteiger partial charge >= 0.3 is 6.18 Å². The monoisotopic (exact) mass is 294 g/mol. The average molecular weight is 295 g/mol. The number of nitrogens with two attached hydrogens (primary N) is 1. The smallest absolute Gasteiger partial charge is 0.368 e. The summed E-state index contributed by atoms with van der Waals surface area (Å²) in [6, 6.07) is 1.42. The molecule has 0 radical (unpaired) electrons. The van der Waals surface area contributed by atoms with Crippen LogP contribution >= 0.6 is 11.6 Å². The number of carbonyl (C=O) groups excluding carboxylic acids is 2. The normalized spacial score (nSPS) is 12.9. The Hall–Kier alpha value is -1.76. The fourth-order valence-electron chi connectivity index (χ4n) is 1.24. The van der Waals surface area contributed by atoms with Gasteiger partial charge in [0.05, 0.1) is 5.56 Å². The first-order valence-electron chi connectivity index (χ1n) is 5.09. The largest absolute Gasteiger partial charge is 0.416 e. The minimum atomic E-state index is -4.62. The van der Waals surface area contributed by atoms with Gasteiger partial charge in [0.15, 0.2) is 0 Å². The maximum atomic E-state index is 12.5. The first kappa shape index (κ1) is 15.3. The van der Waals surface area contributed by atoms with Crippen molar-refractivity contribution in [3.8, 4) is 0 Å². The third-order valence-corrected chi connectivity index (χ3v) is 2.48. The van der Waals surface area contributed by atoms with Gasteiger partial charge < -0.3 is 11.1 Å². The van der Waals surface area contributed by atoms with Crippen LogP contribution in [-0.2, 0) is 11.0 Å². The van der Waals surface area contributed by atoms with E-state index < -0.39 is 29.6 Å². The van der Waals surface area contributed by atoms with Crippen LogP contribution in [0.3, 0.4) is 0 Å². The molecule has 4 nitrogen and oxygen atoms in total. The van der Waals surface area contributed by atoms with E-state index in [0.29, 0.717) is 12.1 Å². The number of benzene rings is 1. The van der Waals surface area contributed by atoms with Crippen molar-refractivity contribution in [2.24, 2.45) is 5.73 Å². The third-order valence-electron chi connectivity index (χ3n) is 2.26. The minimum Gasteiger partial charge on any atom is -0.368 e. The molecule has 1 aromatic carbocycles. The lowest BCUT2D eigenvalue weighted by atomic mass is 10.1. The molecule has 0 bridgehead atoms. The number of rotatable bonds is 3. The molecule has 0 aliphatic rings. The van der Waals surface area contributed by atoms with Gasteiger partial charge in [-0.3, -0.25) is 9.59 Å². The summed E-state index contributed by atoms with van der Waals surface area (Å²) in [5.74, 6) is -1.66. The van der Waals surface area contributed by atoms with Crippen LogP contribution in [0.4, 0.5) is 13.2 Å². The summed E-state index contributed by atoms with van der Waals surface area (Å²) in [6.07, 6.45) is -4.62. The molecule has 0 unspecified atom stereocenters. The Morgan fingerprint density at radius 1 is 1.32 bits per heavy atom. The molecule has 0 aliphatic carbocycles. The summed E-state index contributed by atoms with van der Waals surface area (Å²) < 4.78 is 37.6. The van der Waals surface area contributed by atoms with Gasteiger partial charge in [-0.05, 0) is 25.1 Å². The van der Waals surface area contributed by atoms with Crippen molar-refractivity contribution in [3.05, 3.63) is 34.3 Å². The van der Waals surface area contributed by atoms with Crippen LogP contribution in [-0.4, -0.2) is 17.9 Å². The molecular formula is C11H10ClF3N2O2. The van der Waals surface area contributed by atoms with E-state index in [2.05, 4.69) is 5.32 Å². The number of hydrogen-bond donors (Lipinski definition) is 2. The van der Waals surface area contributed by atoms with Crippen molar-refractivity contribution in [3.63, 3.8) is 0 Å². The van der Waals surface area contributed by atoms with Gasteiger partial charge in [0, 0.05) is 10.6 Å². The van der Waals surface area contributed by atoms with E-state index in [9.17, 15) is 22.8 Å². The SMILES string of the molecule is C[C@H](NC(=O)c1cc(Cl)cc(C(F)(F)F)c1)C(N)=O. The van der Waals surface area contributed by atoms with E-state index in [1.807, 2.05) is 0 Å². The van der Waals surface area contributed by atoms with Crippen LogP contribution < -0.4 is 11.1 Å². The van der Waals surface area contributed by atoms with Crippen molar-refractivity contribution >= 4 is 23.4 Å². The lowest BCUT2D eigenvalue weighted by molar-refractivity contribution is -0.137. The van der Waals surface area contributed by atoms with E-state index in [1.54, 1.807) is 0 Å². The van der Waals surface area contributed by atoms with Gasteiger partial charge in [-0.15, -0.1) is 0 Å². The van der Waals surface area contributed by atoms with E-state index in [0.717, 1.165) is 6.07 Å². The van der Waals surface area contributed by atoms with Crippen molar-refractivity contribution in [1.82, 2.24) is 5.32 Å². The highest BCUT2D eigenvalue weighted by Gasteiger charge is 2.31. The van der Waals surface area contributed by atoms with Crippen LogP contribution in [0.15, 0.2) is 18.2 Å². The third kappa shape index (κ3) is 4.13. The molecular weight excluding hydrogens is 285 g/mol. The van der Waals surface area contributed by atoms with Gasteiger partial charge in [-0.25, -0.2) is 0 Å². The zero-order valence-corrected chi connectivity index (χ0v) is 10.5. The topological polar surface area (TPSA) is 72.2 Å². The summed E-state index contributed by atoms with van der Waals surface area (Å²) in [4.78, 5) is 22.4. The van der Waals surface area contributed by atoms with E-state index in [1.165, 1.54) is 6.92 Å². The fourth-order valence-corrected chi connectivity index (χ4v) is 1.47. The van der Waals surface area contributed by atoms with Gasteiger partial charge in [-0.1, -0.05) is 11.6 Å². The number of primary amides is 1. The Balaban J connectivity index is 3.04. The van der Waals surface area contributed by atoms with Crippen molar-refractivity contribution in [1.29, 1.82) is 0 Å². The summed E-state index contributed by atoms with van der Waals surface area (Å²) in [5.41, 5.74) is 3.59. The molecule has 2 amide bonds. The molecule has 1 atom stereocenters. The molecule has 8 heteroatoms. The zero-order valence-electron chi connectivity index (χ0n) is 9.72. The quantitative estimate of drug-likeness (QED) is 0.894. The molecule has 3 N–H and O–H groups in total. The second-order valence-electron chi connectivity index (χ2n) is 3.82. The Bertz CT molecular complexity index is 517. The summed E-state index contributed by atoms with van der Waals surface area (Å²) in [5, 5.41) is 1.93. The van der Waals surface area contributed by atoms with E-state index in [-0.39, 0.29) is 10.6 Å². The zero-order chi connectivity index (χ0) is 14.8. The maximum Gasteiger partial charge on any atom is 0.416 e. The van der Waals surface area contributed by atoms with Crippen LogP contribution in [0.25, 0.3) is 0 Å². The minimum absolute atomic E-state index is 0.230. The lowest BCUT2D eigenvalue weighted by Gasteiger charge is -2.12. The number of hydrogen-bond acceptors (Lipinski definition) is 2. The van der Waals surface area contributed by atoms with Crippen LogP contribution in [0, 0.1) is 0 Å². The number of halogens is 4.